The van der Waals surface area contributed by atoms with E-state index in [2.05, 4.69) is 25.3 Å². The highest BCUT2D eigenvalue weighted by atomic mass is 19.4. The summed E-state index contributed by atoms with van der Waals surface area (Å²) in [5, 5.41) is 7.58. The van der Waals surface area contributed by atoms with Crippen LogP contribution in [-0.2, 0) is 6.18 Å². The van der Waals surface area contributed by atoms with Crippen molar-refractivity contribution in [1.29, 1.82) is 0 Å². The minimum absolute atomic E-state index is 0.183. The molecule has 0 amide bonds. The van der Waals surface area contributed by atoms with Crippen molar-refractivity contribution in [2.24, 2.45) is 0 Å². The van der Waals surface area contributed by atoms with Crippen LogP contribution in [-0.4, -0.2) is 29.9 Å². The molecule has 140 valence electrons. The normalized spacial score (nSPS) is 11.4. The van der Waals surface area contributed by atoms with Gasteiger partial charge in [-0.3, -0.25) is 4.98 Å². The number of hydrogen-bond acceptors (Lipinski definition) is 6. The van der Waals surface area contributed by atoms with Crippen LogP contribution in [0.25, 0.3) is 17.2 Å². The van der Waals surface area contributed by atoms with Gasteiger partial charge in [-0.15, -0.1) is 5.10 Å². The fourth-order valence-corrected chi connectivity index (χ4v) is 2.39. The number of hydrogen-bond donors (Lipinski definition) is 0. The van der Waals surface area contributed by atoms with Gasteiger partial charge in [0.15, 0.2) is 11.5 Å². The molecule has 1 aromatic carbocycles. The molecule has 3 aromatic heterocycles. The Bertz CT molecular complexity index is 1080. The number of alkyl halides is 3. The largest absolute Gasteiger partial charge is 0.439 e. The van der Waals surface area contributed by atoms with Crippen molar-refractivity contribution in [2.45, 2.75) is 6.18 Å². The Morgan fingerprint density at radius 2 is 1.82 bits per heavy atom. The highest BCUT2D eigenvalue weighted by Crippen LogP contribution is 2.32. The zero-order valence-electron chi connectivity index (χ0n) is 14.1. The first-order valence-electron chi connectivity index (χ1n) is 8.01. The Morgan fingerprint density at radius 3 is 2.54 bits per heavy atom. The second-order valence-corrected chi connectivity index (χ2v) is 5.57. The van der Waals surface area contributed by atoms with Crippen LogP contribution in [0.1, 0.15) is 5.69 Å². The summed E-state index contributed by atoms with van der Waals surface area (Å²) < 4.78 is 46.9. The van der Waals surface area contributed by atoms with Crippen molar-refractivity contribution in [3.05, 3.63) is 72.8 Å². The Labute approximate surface area is 156 Å². The number of benzene rings is 1. The predicted octanol–water partition coefficient (Wildman–Crippen LogP) is 3.93. The third-order valence-electron chi connectivity index (χ3n) is 3.61. The average molecular weight is 384 g/mol. The quantitative estimate of drug-likeness (QED) is 0.531. The van der Waals surface area contributed by atoms with Gasteiger partial charge >= 0.3 is 6.18 Å². The number of nitrogens with zero attached hydrogens (tertiary/aromatic N) is 6. The zero-order valence-corrected chi connectivity index (χ0v) is 14.1. The number of ether oxygens (including phenoxy) is 1. The van der Waals surface area contributed by atoms with Gasteiger partial charge in [-0.2, -0.15) is 18.2 Å². The maximum Gasteiger partial charge on any atom is 0.433 e. The molecule has 0 spiro atoms. The van der Waals surface area contributed by atoms with E-state index in [0.29, 0.717) is 5.69 Å². The topological polar surface area (TPSA) is 78.6 Å². The first-order valence-corrected chi connectivity index (χ1v) is 8.01. The number of halogens is 3. The lowest BCUT2D eigenvalue weighted by atomic mass is 10.3. The van der Waals surface area contributed by atoms with Crippen LogP contribution in [0.5, 0.6) is 11.6 Å². The summed E-state index contributed by atoms with van der Waals surface area (Å²) in [7, 11) is 0. The lowest BCUT2D eigenvalue weighted by Gasteiger charge is -2.11. The van der Waals surface area contributed by atoms with Gasteiger partial charge in [0.05, 0.1) is 18.1 Å². The summed E-state index contributed by atoms with van der Waals surface area (Å²) in [4.78, 5) is 11.6. The van der Waals surface area contributed by atoms with Gasteiger partial charge in [0.2, 0.25) is 5.88 Å². The van der Waals surface area contributed by atoms with Crippen LogP contribution in [0.15, 0.2) is 67.1 Å². The van der Waals surface area contributed by atoms with Gasteiger partial charge < -0.3 is 4.74 Å². The van der Waals surface area contributed by atoms with E-state index in [4.69, 9.17) is 4.74 Å². The summed E-state index contributed by atoms with van der Waals surface area (Å²) in [6, 6.07) is 12.2. The maximum atomic E-state index is 13.3. The van der Waals surface area contributed by atoms with Crippen LogP contribution in [0.2, 0.25) is 0 Å². The number of pyridine rings is 1. The van der Waals surface area contributed by atoms with Crippen LogP contribution in [0, 0.1) is 0 Å². The lowest BCUT2D eigenvalue weighted by Crippen LogP contribution is -2.10. The van der Waals surface area contributed by atoms with Crippen molar-refractivity contribution in [3.8, 4) is 28.8 Å². The molecule has 0 unspecified atom stereocenters. The monoisotopic (exact) mass is 384 g/mol. The van der Waals surface area contributed by atoms with Gasteiger partial charge in [0.25, 0.3) is 0 Å². The Kier molecular flexibility index (Phi) is 4.44. The standard InChI is InChI=1S/C18H11F3N6O/c19-18(20,21)15-11-16(25-17(24-15)14-6-1-2-7-22-14)28-13-5-3-4-12(10-13)27-9-8-23-26-27/h1-11H. The minimum Gasteiger partial charge on any atom is -0.439 e. The first-order chi connectivity index (χ1) is 13.5. The Morgan fingerprint density at radius 1 is 0.929 bits per heavy atom. The lowest BCUT2D eigenvalue weighted by molar-refractivity contribution is -0.141. The smallest absolute Gasteiger partial charge is 0.433 e. The van der Waals surface area contributed by atoms with Crippen LogP contribution in [0.4, 0.5) is 13.2 Å². The molecule has 10 heteroatoms. The van der Waals surface area contributed by atoms with Crippen molar-refractivity contribution in [1.82, 2.24) is 29.9 Å². The summed E-state index contributed by atoms with van der Waals surface area (Å²) in [5.41, 5.74) is -0.287. The van der Waals surface area contributed by atoms with Gasteiger partial charge in [-0.05, 0) is 24.3 Å². The van der Waals surface area contributed by atoms with E-state index in [1.165, 1.54) is 23.1 Å². The van der Waals surface area contributed by atoms with E-state index in [1.807, 2.05) is 0 Å². The molecule has 0 saturated heterocycles. The molecule has 0 aliphatic carbocycles. The van der Waals surface area contributed by atoms with E-state index >= 15 is 0 Å². The van der Waals surface area contributed by atoms with Gasteiger partial charge in [-0.25, -0.2) is 9.67 Å². The fourth-order valence-electron chi connectivity index (χ4n) is 2.39. The third-order valence-corrected chi connectivity index (χ3v) is 3.61. The van der Waals surface area contributed by atoms with E-state index in [1.54, 1.807) is 42.6 Å². The molecule has 7 nitrogen and oxygen atoms in total. The van der Waals surface area contributed by atoms with Gasteiger partial charge in [0, 0.05) is 18.3 Å². The molecule has 4 aromatic rings. The van der Waals surface area contributed by atoms with Crippen LogP contribution >= 0.6 is 0 Å². The molecule has 0 aliphatic rings. The van der Waals surface area contributed by atoms with Gasteiger partial charge in [-0.1, -0.05) is 17.3 Å². The fraction of sp³-hybridized carbons (Fsp3) is 0.0556. The Balaban J connectivity index is 1.72. The Hall–Kier alpha value is -3.82. The van der Waals surface area contributed by atoms with Crippen LogP contribution < -0.4 is 4.74 Å². The molecule has 0 N–H and O–H groups in total. The van der Waals surface area contributed by atoms with Crippen molar-refractivity contribution >= 4 is 0 Å². The minimum atomic E-state index is -4.66. The predicted molar refractivity (Wildman–Crippen MR) is 91.7 cm³/mol. The summed E-state index contributed by atoms with van der Waals surface area (Å²) in [6.07, 6.45) is -0.0777. The molecule has 0 radical (unpaired) electrons. The molecule has 28 heavy (non-hydrogen) atoms. The second kappa shape index (κ2) is 7.06. The summed E-state index contributed by atoms with van der Waals surface area (Å²) in [5.74, 6) is -0.150. The van der Waals surface area contributed by atoms with Crippen molar-refractivity contribution < 1.29 is 17.9 Å². The highest BCUT2D eigenvalue weighted by molar-refractivity contribution is 5.50. The molecular weight excluding hydrogens is 373 g/mol. The van der Waals surface area contributed by atoms with E-state index in [-0.39, 0.29) is 23.1 Å². The molecule has 0 fully saturated rings. The SMILES string of the molecule is FC(F)(F)c1cc(Oc2cccc(-n3ccnn3)c2)nc(-c2ccccn2)n1. The number of aromatic nitrogens is 6. The van der Waals surface area contributed by atoms with Crippen molar-refractivity contribution in [3.63, 3.8) is 0 Å². The van der Waals surface area contributed by atoms with E-state index in [9.17, 15) is 13.2 Å². The van der Waals surface area contributed by atoms with Crippen molar-refractivity contribution in [2.75, 3.05) is 0 Å². The molecule has 3 heterocycles. The summed E-state index contributed by atoms with van der Waals surface area (Å²) >= 11 is 0. The van der Waals surface area contributed by atoms with E-state index in [0.717, 1.165) is 6.07 Å². The molecule has 0 atom stereocenters. The molecule has 4 rings (SSSR count). The first kappa shape index (κ1) is 17.6. The second-order valence-electron chi connectivity index (χ2n) is 5.57. The molecule has 0 aliphatic heterocycles. The highest BCUT2D eigenvalue weighted by Gasteiger charge is 2.34. The molecule has 0 saturated carbocycles. The average Bonchev–Trinajstić information content (AvgIpc) is 3.23. The third kappa shape index (κ3) is 3.80. The maximum absolute atomic E-state index is 13.3. The molecule has 0 bridgehead atoms. The van der Waals surface area contributed by atoms with Gasteiger partial charge in [0.1, 0.15) is 11.4 Å². The number of rotatable bonds is 4. The summed E-state index contributed by atoms with van der Waals surface area (Å²) in [6.45, 7) is 0. The zero-order chi connectivity index (χ0) is 19.6. The van der Waals surface area contributed by atoms with Crippen LogP contribution in [0.3, 0.4) is 0 Å². The molecular formula is C18H11F3N6O. The van der Waals surface area contributed by atoms with E-state index < -0.39 is 11.9 Å².